The van der Waals surface area contributed by atoms with Crippen molar-refractivity contribution in [2.75, 3.05) is 6.67 Å². The zero-order valence-corrected chi connectivity index (χ0v) is 8.52. The van der Waals surface area contributed by atoms with Gasteiger partial charge in [-0.25, -0.2) is 0 Å². The van der Waals surface area contributed by atoms with Crippen LogP contribution in [0.15, 0.2) is 12.1 Å². The van der Waals surface area contributed by atoms with Crippen molar-refractivity contribution >= 4 is 0 Å². The molecular weight excluding hydrogens is 163 g/mol. The van der Waals surface area contributed by atoms with Crippen molar-refractivity contribution in [1.82, 2.24) is 0 Å². The van der Waals surface area contributed by atoms with Crippen LogP contribution >= 0.6 is 0 Å². The third-order valence-corrected chi connectivity index (χ3v) is 2.60. The Balaban J connectivity index is 3.25. The Hall–Kier alpha value is -0.850. The quantitative estimate of drug-likeness (QED) is 0.651. The van der Waals surface area contributed by atoms with Crippen LogP contribution in [-0.2, 0) is 0 Å². The topological polar surface area (TPSA) is 0 Å². The molecule has 0 heterocycles. The molecule has 0 bridgehead atoms. The summed E-state index contributed by atoms with van der Waals surface area (Å²) < 4.78 is 12.5. The van der Waals surface area contributed by atoms with E-state index in [-0.39, 0.29) is 12.6 Å². The third kappa shape index (κ3) is 1.90. The van der Waals surface area contributed by atoms with Gasteiger partial charge in [0.2, 0.25) is 0 Å². The van der Waals surface area contributed by atoms with E-state index in [1.54, 1.807) is 0 Å². The smallest absolute Gasteiger partial charge is 0.0963 e. The van der Waals surface area contributed by atoms with E-state index in [0.717, 1.165) is 11.1 Å². The normalized spacial score (nSPS) is 13.0. The molecule has 0 fully saturated rings. The van der Waals surface area contributed by atoms with E-state index in [9.17, 15) is 4.39 Å². The molecule has 1 heteroatoms. The molecule has 0 aliphatic carbocycles. The summed E-state index contributed by atoms with van der Waals surface area (Å²) in [7, 11) is 0. The molecule has 1 rings (SSSR count). The zero-order valence-electron chi connectivity index (χ0n) is 8.52. The Morgan fingerprint density at radius 3 is 2.31 bits per heavy atom. The highest BCUT2D eigenvalue weighted by Gasteiger charge is 2.12. The van der Waals surface area contributed by atoms with Gasteiger partial charge in [-0.05, 0) is 49.9 Å². The third-order valence-electron chi connectivity index (χ3n) is 2.60. The van der Waals surface area contributed by atoms with E-state index in [4.69, 9.17) is 0 Å². The summed E-state index contributed by atoms with van der Waals surface area (Å²) in [6.07, 6.45) is 0. The molecule has 0 amide bonds. The highest BCUT2D eigenvalue weighted by atomic mass is 19.1. The van der Waals surface area contributed by atoms with Gasteiger partial charge in [0, 0.05) is 5.92 Å². The van der Waals surface area contributed by atoms with E-state index < -0.39 is 0 Å². The van der Waals surface area contributed by atoms with E-state index in [0.29, 0.717) is 0 Å². The first kappa shape index (κ1) is 10.2. The van der Waals surface area contributed by atoms with Crippen LogP contribution in [0.5, 0.6) is 0 Å². The van der Waals surface area contributed by atoms with Crippen LogP contribution < -0.4 is 0 Å². The molecule has 0 aliphatic rings. The van der Waals surface area contributed by atoms with Crippen LogP contribution in [0, 0.1) is 27.7 Å². The lowest BCUT2D eigenvalue weighted by Gasteiger charge is -2.16. The van der Waals surface area contributed by atoms with Crippen molar-refractivity contribution in [1.29, 1.82) is 0 Å². The van der Waals surface area contributed by atoms with Gasteiger partial charge in [-0.3, -0.25) is 4.39 Å². The average Bonchev–Trinajstić information content (AvgIpc) is 2.12. The summed E-state index contributed by atoms with van der Waals surface area (Å²) in [4.78, 5) is 0. The zero-order chi connectivity index (χ0) is 10.0. The molecule has 1 aromatic rings. The predicted octanol–water partition coefficient (Wildman–Crippen LogP) is 3.50. The fraction of sp³-hybridized carbons (Fsp3) is 0.417. The van der Waals surface area contributed by atoms with E-state index in [1.165, 1.54) is 11.1 Å². The van der Waals surface area contributed by atoms with Crippen molar-refractivity contribution in [3.8, 4) is 0 Å². The van der Waals surface area contributed by atoms with Crippen molar-refractivity contribution in [2.24, 2.45) is 0 Å². The maximum Gasteiger partial charge on any atom is 0.0963 e. The maximum absolute atomic E-state index is 12.5. The molecule has 0 saturated carbocycles. The van der Waals surface area contributed by atoms with Crippen LogP contribution in [-0.4, -0.2) is 6.67 Å². The monoisotopic (exact) mass is 179 g/mol. The standard InChI is InChI=1S/C12H16F/c1-8-5-6-9(2)12(11(8)4)10(3)7-13/h5-6,10H,3,7H2,1-2,4H3. The van der Waals surface area contributed by atoms with E-state index in [2.05, 4.69) is 13.0 Å². The van der Waals surface area contributed by atoms with Gasteiger partial charge in [-0.2, -0.15) is 0 Å². The summed E-state index contributed by atoms with van der Waals surface area (Å²) in [5, 5.41) is 0. The van der Waals surface area contributed by atoms with Gasteiger partial charge in [0.15, 0.2) is 0 Å². The number of benzene rings is 1. The fourth-order valence-corrected chi connectivity index (χ4v) is 1.68. The summed E-state index contributed by atoms with van der Waals surface area (Å²) in [6, 6.07) is 4.10. The molecule has 0 spiro atoms. The van der Waals surface area contributed by atoms with Crippen LogP contribution in [0.3, 0.4) is 0 Å². The second-order valence-electron chi connectivity index (χ2n) is 3.59. The maximum atomic E-state index is 12.5. The van der Waals surface area contributed by atoms with Crippen molar-refractivity contribution in [3.63, 3.8) is 0 Å². The molecule has 13 heavy (non-hydrogen) atoms. The molecule has 0 aliphatic heterocycles. The molecule has 0 N–H and O–H groups in total. The second-order valence-corrected chi connectivity index (χ2v) is 3.59. The van der Waals surface area contributed by atoms with Crippen molar-refractivity contribution < 1.29 is 4.39 Å². The van der Waals surface area contributed by atoms with Gasteiger partial charge in [0.05, 0.1) is 6.67 Å². The molecule has 1 atom stereocenters. The van der Waals surface area contributed by atoms with Gasteiger partial charge in [-0.1, -0.05) is 12.1 Å². The number of aryl methyl sites for hydroxylation is 2. The Morgan fingerprint density at radius 2 is 1.77 bits per heavy atom. The molecule has 0 nitrogen and oxygen atoms in total. The number of rotatable bonds is 2. The minimum Gasteiger partial charge on any atom is -0.250 e. The number of alkyl halides is 1. The molecule has 1 radical (unpaired) electrons. The first-order valence-corrected chi connectivity index (χ1v) is 4.53. The first-order valence-electron chi connectivity index (χ1n) is 4.53. The highest BCUT2D eigenvalue weighted by molar-refractivity contribution is 5.41. The Morgan fingerprint density at radius 1 is 1.23 bits per heavy atom. The van der Waals surface area contributed by atoms with Crippen LogP contribution in [0.2, 0.25) is 0 Å². The van der Waals surface area contributed by atoms with Gasteiger partial charge >= 0.3 is 0 Å². The lowest BCUT2D eigenvalue weighted by molar-refractivity contribution is 0.463. The van der Waals surface area contributed by atoms with E-state index in [1.807, 2.05) is 26.8 Å². The Kier molecular flexibility index (Phi) is 3.07. The summed E-state index contributed by atoms with van der Waals surface area (Å²) in [6.45, 7) is 9.52. The summed E-state index contributed by atoms with van der Waals surface area (Å²) in [5.41, 5.74) is 4.60. The number of halogens is 1. The van der Waals surface area contributed by atoms with Crippen molar-refractivity contribution in [2.45, 2.75) is 26.7 Å². The number of hydrogen-bond donors (Lipinski definition) is 0. The largest absolute Gasteiger partial charge is 0.250 e. The van der Waals surface area contributed by atoms with Crippen LogP contribution in [0.4, 0.5) is 4.39 Å². The van der Waals surface area contributed by atoms with Gasteiger partial charge in [0.1, 0.15) is 0 Å². The summed E-state index contributed by atoms with van der Waals surface area (Å²) in [5.74, 6) is -0.222. The molecule has 71 valence electrons. The molecule has 1 unspecified atom stereocenters. The van der Waals surface area contributed by atoms with Gasteiger partial charge in [-0.15, -0.1) is 0 Å². The molecular formula is C12H16F. The Bertz CT molecular complexity index is 302. The minimum absolute atomic E-state index is 0.222. The first-order chi connectivity index (χ1) is 6.07. The van der Waals surface area contributed by atoms with Crippen LogP contribution in [0.25, 0.3) is 0 Å². The highest BCUT2D eigenvalue weighted by Crippen LogP contribution is 2.25. The SMILES string of the molecule is [CH2]C(CF)c1c(C)ccc(C)c1C. The van der Waals surface area contributed by atoms with Crippen molar-refractivity contribution in [3.05, 3.63) is 41.3 Å². The number of hydrogen-bond acceptors (Lipinski definition) is 0. The summed E-state index contributed by atoms with van der Waals surface area (Å²) >= 11 is 0. The molecule has 0 aromatic heterocycles. The lowest BCUT2D eigenvalue weighted by atomic mass is 9.90. The Labute approximate surface area is 79.8 Å². The fourth-order valence-electron chi connectivity index (χ4n) is 1.68. The molecule has 0 saturated heterocycles. The van der Waals surface area contributed by atoms with E-state index >= 15 is 0 Å². The van der Waals surface area contributed by atoms with Crippen LogP contribution in [0.1, 0.15) is 28.2 Å². The van der Waals surface area contributed by atoms with Gasteiger partial charge < -0.3 is 0 Å². The average molecular weight is 179 g/mol. The molecule has 1 aromatic carbocycles. The minimum atomic E-state index is -0.384. The second kappa shape index (κ2) is 3.91. The predicted molar refractivity (Wildman–Crippen MR) is 54.7 cm³/mol. The lowest BCUT2D eigenvalue weighted by Crippen LogP contribution is -2.03. The van der Waals surface area contributed by atoms with Gasteiger partial charge in [0.25, 0.3) is 0 Å².